The number of fused-ring (bicyclic) bond motifs is 4. The van der Waals surface area contributed by atoms with Gasteiger partial charge in [0.25, 0.3) is 5.91 Å². The Morgan fingerprint density at radius 2 is 1.69 bits per heavy atom. The molecule has 0 saturated heterocycles. The Labute approximate surface area is 173 Å². The molecule has 142 valence electrons. The van der Waals surface area contributed by atoms with Crippen LogP contribution in [0.4, 0.5) is 5.69 Å². The number of anilines is 1. The van der Waals surface area contributed by atoms with E-state index in [2.05, 4.69) is 54.0 Å². The minimum Gasteiger partial charge on any atom is -0.451 e. The van der Waals surface area contributed by atoms with E-state index in [1.54, 1.807) is 6.07 Å². The first-order valence-electron chi connectivity index (χ1n) is 9.44. The van der Waals surface area contributed by atoms with Crippen molar-refractivity contribution in [1.29, 1.82) is 0 Å². The third kappa shape index (κ3) is 3.09. The molecule has 1 atom stereocenters. The lowest BCUT2D eigenvalue weighted by Gasteiger charge is -2.12. The summed E-state index contributed by atoms with van der Waals surface area (Å²) in [5.74, 6) is 0.177. The van der Waals surface area contributed by atoms with Crippen LogP contribution in [0.25, 0.3) is 22.1 Å². The molecular weight excluding hydrogens is 380 g/mol. The molecule has 1 amide bonds. The predicted molar refractivity (Wildman–Crippen MR) is 119 cm³/mol. The minimum atomic E-state index is -0.374. The molecule has 1 aliphatic rings. The first-order chi connectivity index (χ1) is 14.1. The van der Waals surface area contributed by atoms with Crippen molar-refractivity contribution in [2.45, 2.75) is 12.8 Å². The SMILES string of the molecule is CC1c2ccccc2-c2ccc(NC(=S)NC(=O)c3cc4ccccc4o3)cc21. The Hall–Kier alpha value is -3.44. The molecule has 4 nitrogen and oxygen atoms in total. The number of para-hydroxylation sites is 1. The van der Waals surface area contributed by atoms with Crippen molar-refractivity contribution in [3.05, 3.63) is 89.7 Å². The summed E-state index contributed by atoms with van der Waals surface area (Å²) in [7, 11) is 0. The van der Waals surface area contributed by atoms with Gasteiger partial charge in [0.1, 0.15) is 5.58 Å². The van der Waals surface area contributed by atoms with Crippen molar-refractivity contribution in [2.24, 2.45) is 0 Å². The number of furan rings is 1. The highest BCUT2D eigenvalue weighted by Gasteiger charge is 2.25. The van der Waals surface area contributed by atoms with Gasteiger partial charge in [-0.25, -0.2) is 0 Å². The zero-order chi connectivity index (χ0) is 20.0. The first-order valence-corrected chi connectivity index (χ1v) is 9.85. The maximum atomic E-state index is 12.5. The van der Waals surface area contributed by atoms with Crippen molar-refractivity contribution >= 4 is 39.9 Å². The molecule has 1 aliphatic carbocycles. The second-order valence-corrected chi connectivity index (χ2v) is 7.58. The molecule has 29 heavy (non-hydrogen) atoms. The largest absolute Gasteiger partial charge is 0.451 e. The minimum absolute atomic E-state index is 0.230. The number of carbonyl (C=O) groups excluding carboxylic acids is 1. The molecule has 1 unspecified atom stereocenters. The quantitative estimate of drug-likeness (QED) is 0.426. The number of nitrogens with one attached hydrogen (secondary N) is 2. The van der Waals surface area contributed by atoms with E-state index >= 15 is 0 Å². The van der Waals surface area contributed by atoms with Gasteiger partial charge in [-0.2, -0.15) is 0 Å². The van der Waals surface area contributed by atoms with E-state index in [-0.39, 0.29) is 16.8 Å². The molecule has 0 spiro atoms. The van der Waals surface area contributed by atoms with E-state index in [1.165, 1.54) is 22.3 Å². The first kappa shape index (κ1) is 17.6. The fourth-order valence-corrected chi connectivity index (χ4v) is 4.16. The van der Waals surface area contributed by atoms with Gasteiger partial charge >= 0.3 is 0 Å². The van der Waals surface area contributed by atoms with Crippen molar-refractivity contribution in [3.63, 3.8) is 0 Å². The molecule has 0 aliphatic heterocycles. The van der Waals surface area contributed by atoms with Crippen LogP contribution in [-0.2, 0) is 0 Å². The number of hydrogen-bond acceptors (Lipinski definition) is 3. The maximum absolute atomic E-state index is 12.5. The monoisotopic (exact) mass is 398 g/mol. The second kappa shape index (κ2) is 6.87. The van der Waals surface area contributed by atoms with Crippen LogP contribution in [0.2, 0.25) is 0 Å². The lowest BCUT2D eigenvalue weighted by Crippen LogP contribution is -2.33. The van der Waals surface area contributed by atoms with Crippen LogP contribution in [-0.4, -0.2) is 11.0 Å². The molecule has 5 heteroatoms. The van der Waals surface area contributed by atoms with E-state index < -0.39 is 0 Å². The molecule has 1 heterocycles. The third-order valence-electron chi connectivity index (χ3n) is 5.37. The average molecular weight is 398 g/mol. The van der Waals surface area contributed by atoms with E-state index in [0.29, 0.717) is 11.5 Å². The highest BCUT2D eigenvalue weighted by Crippen LogP contribution is 2.45. The molecule has 1 aromatic heterocycles. The summed E-state index contributed by atoms with van der Waals surface area (Å²) in [4.78, 5) is 12.5. The normalized spacial score (nSPS) is 14.3. The summed E-state index contributed by atoms with van der Waals surface area (Å²) >= 11 is 5.34. The average Bonchev–Trinajstić information content (AvgIpc) is 3.28. The van der Waals surface area contributed by atoms with Gasteiger partial charge < -0.3 is 9.73 Å². The van der Waals surface area contributed by atoms with Crippen molar-refractivity contribution in [2.75, 3.05) is 5.32 Å². The summed E-state index contributed by atoms with van der Waals surface area (Å²) in [5.41, 5.74) is 6.63. The Bertz CT molecular complexity index is 1240. The molecule has 0 radical (unpaired) electrons. The van der Waals surface area contributed by atoms with Crippen molar-refractivity contribution in [1.82, 2.24) is 5.32 Å². The van der Waals surface area contributed by atoms with Crippen LogP contribution in [0.5, 0.6) is 0 Å². The Morgan fingerprint density at radius 3 is 2.55 bits per heavy atom. The summed E-state index contributed by atoms with van der Waals surface area (Å²) in [5, 5.41) is 6.91. The summed E-state index contributed by atoms with van der Waals surface area (Å²) in [6, 6.07) is 23.8. The summed E-state index contributed by atoms with van der Waals surface area (Å²) in [6.07, 6.45) is 0. The zero-order valence-corrected chi connectivity index (χ0v) is 16.5. The van der Waals surface area contributed by atoms with Gasteiger partial charge in [0.05, 0.1) is 0 Å². The Kier molecular flexibility index (Phi) is 4.18. The highest BCUT2D eigenvalue weighted by atomic mass is 32.1. The van der Waals surface area contributed by atoms with Gasteiger partial charge in [-0.15, -0.1) is 0 Å². The lowest BCUT2D eigenvalue weighted by molar-refractivity contribution is 0.0953. The standard InChI is InChI=1S/C24H18N2O2S/c1-14-17-7-3-4-8-18(17)19-11-10-16(13-20(14)19)25-24(29)26-23(27)22-12-15-6-2-5-9-21(15)28-22/h2-14H,1H3,(H2,25,26,27,29). The van der Waals surface area contributed by atoms with E-state index in [0.717, 1.165) is 11.1 Å². The van der Waals surface area contributed by atoms with E-state index in [9.17, 15) is 4.79 Å². The molecule has 5 rings (SSSR count). The number of thiocarbonyl (C=S) groups is 1. The fourth-order valence-electron chi connectivity index (χ4n) is 3.95. The van der Waals surface area contributed by atoms with Crippen LogP contribution in [0, 0.1) is 0 Å². The van der Waals surface area contributed by atoms with Crippen LogP contribution >= 0.6 is 12.2 Å². The number of carbonyl (C=O) groups is 1. The highest BCUT2D eigenvalue weighted by molar-refractivity contribution is 7.80. The molecule has 0 fully saturated rings. The predicted octanol–water partition coefficient (Wildman–Crippen LogP) is 5.69. The van der Waals surface area contributed by atoms with Crippen LogP contribution in [0.1, 0.15) is 34.5 Å². The molecule has 2 N–H and O–H groups in total. The van der Waals surface area contributed by atoms with Gasteiger partial charge in [0.2, 0.25) is 0 Å². The molecule has 3 aromatic carbocycles. The van der Waals surface area contributed by atoms with Crippen LogP contribution in [0.3, 0.4) is 0 Å². The maximum Gasteiger partial charge on any atom is 0.293 e. The van der Waals surface area contributed by atoms with Gasteiger partial charge in [0.15, 0.2) is 10.9 Å². The number of benzene rings is 3. The Balaban J connectivity index is 1.32. The number of hydrogen-bond donors (Lipinski definition) is 2. The summed E-state index contributed by atoms with van der Waals surface area (Å²) in [6.45, 7) is 2.20. The topological polar surface area (TPSA) is 54.3 Å². The van der Waals surface area contributed by atoms with E-state index in [1.807, 2.05) is 30.3 Å². The molecular formula is C24H18N2O2S. The van der Waals surface area contributed by atoms with Gasteiger partial charge in [-0.3, -0.25) is 10.1 Å². The number of amides is 1. The lowest BCUT2D eigenvalue weighted by atomic mass is 9.99. The van der Waals surface area contributed by atoms with E-state index in [4.69, 9.17) is 16.6 Å². The molecule has 0 bridgehead atoms. The zero-order valence-electron chi connectivity index (χ0n) is 15.7. The van der Waals surface area contributed by atoms with Crippen molar-refractivity contribution in [3.8, 4) is 11.1 Å². The Morgan fingerprint density at radius 1 is 0.931 bits per heavy atom. The van der Waals surface area contributed by atoms with Gasteiger partial charge in [-0.05, 0) is 58.7 Å². The molecule has 4 aromatic rings. The molecule has 0 saturated carbocycles. The second-order valence-electron chi connectivity index (χ2n) is 7.17. The van der Waals surface area contributed by atoms with Gasteiger partial charge in [0, 0.05) is 17.0 Å². The van der Waals surface area contributed by atoms with Crippen LogP contribution in [0.15, 0.2) is 77.2 Å². The summed E-state index contributed by atoms with van der Waals surface area (Å²) < 4.78 is 5.59. The smallest absolute Gasteiger partial charge is 0.293 e. The third-order valence-corrected chi connectivity index (χ3v) is 5.57. The fraction of sp³-hybridized carbons (Fsp3) is 0.0833. The van der Waals surface area contributed by atoms with Gasteiger partial charge in [-0.1, -0.05) is 55.5 Å². The number of rotatable bonds is 2. The van der Waals surface area contributed by atoms with Crippen LogP contribution < -0.4 is 10.6 Å². The van der Waals surface area contributed by atoms with Crippen molar-refractivity contribution < 1.29 is 9.21 Å².